The van der Waals surface area contributed by atoms with Crippen molar-refractivity contribution in [2.75, 3.05) is 37.7 Å². The van der Waals surface area contributed by atoms with E-state index in [1.54, 1.807) is 23.5 Å². The van der Waals surface area contributed by atoms with E-state index in [9.17, 15) is 18.8 Å². The molecule has 3 N–H and O–H groups in total. The highest BCUT2D eigenvalue weighted by molar-refractivity contribution is 7.14. The molecule has 0 bridgehead atoms. The predicted octanol–water partition coefficient (Wildman–Crippen LogP) is 1.33. The number of amides is 2. The molecule has 2 aromatic rings. The van der Waals surface area contributed by atoms with Gasteiger partial charge in [0.15, 0.2) is 22.8 Å². The van der Waals surface area contributed by atoms with Gasteiger partial charge in [-0.3, -0.25) is 20.1 Å². The van der Waals surface area contributed by atoms with Crippen LogP contribution in [0.4, 0.5) is 9.52 Å². The minimum atomic E-state index is -1.81. The number of hydrogen-bond donors (Lipinski definition) is 2. The van der Waals surface area contributed by atoms with Gasteiger partial charge < -0.3 is 19.9 Å². The number of carbonyl (C=O) groups excluding carboxylic acids is 3. The zero-order valence-corrected chi connectivity index (χ0v) is 19.4. The summed E-state index contributed by atoms with van der Waals surface area (Å²) >= 11 is 1.62. The van der Waals surface area contributed by atoms with Gasteiger partial charge in [-0.1, -0.05) is 12.1 Å². The molecule has 3 aliphatic heterocycles. The molecule has 0 aliphatic carbocycles. The van der Waals surface area contributed by atoms with Crippen LogP contribution >= 0.6 is 11.3 Å². The number of nitrogens with zero attached hydrogens (tertiary/aromatic N) is 3. The van der Waals surface area contributed by atoms with Gasteiger partial charge in [0.2, 0.25) is 5.91 Å². The number of likely N-dealkylation sites (tertiary alicyclic amines) is 1. The Morgan fingerprint density at radius 3 is 2.71 bits per heavy atom. The third kappa shape index (κ3) is 4.08. The van der Waals surface area contributed by atoms with Gasteiger partial charge in [0.05, 0.1) is 18.8 Å². The van der Waals surface area contributed by atoms with Gasteiger partial charge in [-0.2, -0.15) is 0 Å². The number of ketones is 1. The Balaban J connectivity index is 1.19. The van der Waals surface area contributed by atoms with Crippen LogP contribution in [0, 0.1) is 0 Å². The standard InChI is InChI=1S/C23H26FN5O4S/c24-18-11-29(20-17(30)12-33-23(18,20)25)19(31)10-26-21(32)15-6-4-14(5-7-15)16-13-34-22(27-16)28-8-2-1-3-9-28/h4-7,13,18,20H,1-3,8-12,25H2,(H,26,32)/t18-,20+,23+/m0/s1. The molecule has 3 saturated heterocycles. The number of Topliss-reactive ketones (excluding diaryl/α,β-unsaturated/α-hetero) is 1. The second kappa shape index (κ2) is 9.05. The molecule has 3 fully saturated rings. The first-order valence-corrected chi connectivity index (χ1v) is 12.2. The molecule has 0 unspecified atom stereocenters. The van der Waals surface area contributed by atoms with Crippen molar-refractivity contribution in [2.45, 2.75) is 37.2 Å². The number of halogens is 1. The van der Waals surface area contributed by atoms with Crippen LogP contribution in [-0.2, 0) is 14.3 Å². The second-order valence-electron chi connectivity index (χ2n) is 8.85. The third-order valence-electron chi connectivity index (χ3n) is 6.64. The summed E-state index contributed by atoms with van der Waals surface area (Å²) in [6.07, 6.45) is 1.97. The van der Waals surface area contributed by atoms with Gasteiger partial charge in [-0.05, 0) is 31.4 Å². The molecule has 4 heterocycles. The molecule has 2 amide bonds. The highest BCUT2D eigenvalue weighted by atomic mass is 32.1. The smallest absolute Gasteiger partial charge is 0.251 e. The second-order valence-corrected chi connectivity index (χ2v) is 9.68. The fourth-order valence-corrected chi connectivity index (χ4v) is 5.62. The number of alkyl halides is 1. The monoisotopic (exact) mass is 487 g/mol. The van der Waals surface area contributed by atoms with E-state index >= 15 is 0 Å². The molecule has 9 nitrogen and oxygen atoms in total. The van der Waals surface area contributed by atoms with Gasteiger partial charge in [-0.15, -0.1) is 11.3 Å². The average Bonchev–Trinajstić information content (AvgIpc) is 3.54. The Labute approximate surface area is 200 Å². The molecule has 1 aromatic carbocycles. The summed E-state index contributed by atoms with van der Waals surface area (Å²) < 4.78 is 19.4. The van der Waals surface area contributed by atoms with Gasteiger partial charge in [0.25, 0.3) is 5.91 Å². The molecular weight excluding hydrogens is 461 g/mol. The number of thiazole rings is 1. The SMILES string of the molecule is N[C@]12OCC(=O)[C@H]1N(C(=O)CNC(=O)c1ccc(-c3csc(N4CCCCC4)n3)cc1)C[C@@H]2F. The van der Waals surface area contributed by atoms with Crippen LogP contribution < -0.4 is 16.0 Å². The van der Waals surface area contributed by atoms with E-state index < -0.39 is 35.5 Å². The molecule has 3 atom stereocenters. The molecule has 1 aromatic heterocycles. The van der Waals surface area contributed by atoms with E-state index in [1.165, 1.54) is 19.3 Å². The van der Waals surface area contributed by atoms with E-state index in [-0.39, 0.29) is 19.7 Å². The predicted molar refractivity (Wildman–Crippen MR) is 124 cm³/mol. The minimum Gasteiger partial charge on any atom is -0.348 e. The van der Waals surface area contributed by atoms with Gasteiger partial charge in [-0.25, -0.2) is 9.37 Å². The summed E-state index contributed by atoms with van der Waals surface area (Å²) in [6, 6.07) is 5.80. The average molecular weight is 488 g/mol. The quantitative estimate of drug-likeness (QED) is 0.653. The maximum Gasteiger partial charge on any atom is 0.251 e. The van der Waals surface area contributed by atoms with Crippen molar-refractivity contribution >= 4 is 34.1 Å². The Kier molecular flexibility index (Phi) is 6.09. The zero-order chi connectivity index (χ0) is 23.9. The van der Waals surface area contributed by atoms with Gasteiger partial charge in [0.1, 0.15) is 12.6 Å². The highest BCUT2D eigenvalue weighted by Gasteiger charge is 2.62. The number of hydrogen-bond acceptors (Lipinski definition) is 8. The first-order chi connectivity index (χ1) is 16.4. The van der Waals surface area contributed by atoms with Crippen molar-refractivity contribution in [2.24, 2.45) is 5.73 Å². The lowest BCUT2D eigenvalue weighted by molar-refractivity contribution is -0.136. The molecule has 0 saturated carbocycles. The topological polar surface area (TPSA) is 118 Å². The van der Waals surface area contributed by atoms with E-state index in [4.69, 9.17) is 15.5 Å². The molecule has 5 rings (SSSR count). The molecule has 0 spiro atoms. The summed E-state index contributed by atoms with van der Waals surface area (Å²) in [4.78, 5) is 45.3. The summed E-state index contributed by atoms with van der Waals surface area (Å²) in [5, 5.41) is 5.56. The van der Waals surface area contributed by atoms with Gasteiger partial charge >= 0.3 is 0 Å². The van der Waals surface area contributed by atoms with Crippen molar-refractivity contribution in [1.29, 1.82) is 0 Å². The first kappa shape index (κ1) is 22.9. The summed E-state index contributed by atoms with van der Waals surface area (Å²) in [5.41, 5.74) is 6.20. The van der Waals surface area contributed by atoms with Crippen molar-refractivity contribution in [3.63, 3.8) is 0 Å². The molecule has 11 heteroatoms. The molecule has 3 aliphatic rings. The van der Waals surface area contributed by atoms with Gasteiger partial charge in [0, 0.05) is 29.6 Å². The maximum absolute atomic E-state index is 14.3. The highest BCUT2D eigenvalue weighted by Crippen LogP contribution is 2.35. The summed E-state index contributed by atoms with van der Waals surface area (Å²) in [7, 11) is 0. The largest absolute Gasteiger partial charge is 0.348 e. The number of benzene rings is 1. The van der Waals surface area contributed by atoms with Crippen molar-refractivity contribution in [3.05, 3.63) is 35.2 Å². The number of ether oxygens (including phenoxy) is 1. The molecular formula is C23H26FN5O4S. The maximum atomic E-state index is 14.3. The number of carbonyl (C=O) groups is 3. The Morgan fingerprint density at radius 1 is 1.24 bits per heavy atom. The van der Waals surface area contributed by atoms with Crippen LogP contribution in [0.15, 0.2) is 29.6 Å². The number of nitrogens with two attached hydrogens (primary N) is 1. The Morgan fingerprint density at radius 2 is 1.97 bits per heavy atom. The van der Waals surface area contributed by atoms with Crippen molar-refractivity contribution < 1.29 is 23.5 Å². The molecule has 180 valence electrons. The Hall–Kier alpha value is -2.89. The zero-order valence-electron chi connectivity index (χ0n) is 18.5. The third-order valence-corrected chi connectivity index (χ3v) is 7.54. The number of aromatic nitrogens is 1. The lowest BCUT2D eigenvalue weighted by Crippen LogP contribution is -2.56. The van der Waals surface area contributed by atoms with Crippen LogP contribution in [-0.4, -0.2) is 78.2 Å². The van der Waals surface area contributed by atoms with Crippen molar-refractivity contribution in [3.8, 4) is 11.3 Å². The number of anilines is 1. The fourth-order valence-electron chi connectivity index (χ4n) is 4.73. The minimum absolute atomic E-state index is 0.331. The van der Waals surface area contributed by atoms with E-state index in [0.29, 0.717) is 5.56 Å². The first-order valence-electron chi connectivity index (χ1n) is 11.3. The van der Waals surface area contributed by atoms with E-state index in [0.717, 1.165) is 34.4 Å². The lowest BCUT2D eigenvalue weighted by atomic mass is 10.0. The van der Waals surface area contributed by atoms with Crippen LogP contribution in [0.5, 0.6) is 0 Å². The Bertz CT molecular complexity index is 1100. The summed E-state index contributed by atoms with van der Waals surface area (Å²) in [6.45, 7) is 1.01. The molecule has 0 radical (unpaired) electrons. The number of piperidine rings is 1. The normalized spacial score (nSPS) is 26.6. The van der Waals surface area contributed by atoms with E-state index in [1.807, 2.05) is 17.5 Å². The van der Waals surface area contributed by atoms with Crippen LogP contribution in [0.1, 0.15) is 29.6 Å². The van der Waals surface area contributed by atoms with Crippen LogP contribution in [0.3, 0.4) is 0 Å². The molecule has 34 heavy (non-hydrogen) atoms. The number of fused-ring (bicyclic) bond motifs is 1. The lowest BCUT2D eigenvalue weighted by Gasteiger charge is -2.26. The van der Waals surface area contributed by atoms with Crippen molar-refractivity contribution in [1.82, 2.24) is 15.2 Å². The summed E-state index contributed by atoms with van der Waals surface area (Å²) in [5.74, 6) is -1.48. The van der Waals surface area contributed by atoms with Crippen LogP contribution in [0.25, 0.3) is 11.3 Å². The fraction of sp³-hybridized carbons (Fsp3) is 0.478. The van der Waals surface area contributed by atoms with E-state index in [2.05, 4.69) is 10.2 Å². The number of rotatable bonds is 5. The number of nitrogens with one attached hydrogen (secondary N) is 1. The van der Waals surface area contributed by atoms with Crippen LogP contribution in [0.2, 0.25) is 0 Å².